The van der Waals surface area contributed by atoms with Crippen molar-refractivity contribution in [2.24, 2.45) is 5.92 Å². The zero-order chi connectivity index (χ0) is 17.0. The Balaban J connectivity index is 4.87. The fourth-order valence-corrected chi connectivity index (χ4v) is 1.93. The molecule has 0 aromatic heterocycles. The lowest BCUT2D eigenvalue weighted by molar-refractivity contribution is 0.450. The maximum absolute atomic E-state index is 3.02. The van der Waals surface area contributed by atoms with Crippen LogP contribution in [0.25, 0.3) is 0 Å². The molecule has 124 valence electrons. The van der Waals surface area contributed by atoms with E-state index >= 15 is 0 Å². The summed E-state index contributed by atoms with van der Waals surface area (Å²) in [6.45, 7) is 11.9. The van der Waals surface area contributed by atoms with Gasteiger partial charge in [0, 0.05) is 26.3 Å². The molecule has 0 fully saturated rings. The summed E-state index contributed by atoms with van der Waals surface area (Å²) >= 11 is 0. The molecule has 0 aliphatic carbocycles. The summed E-state index contributed by atoms with van der Waals surface area (Å²) in [4.78, 5) is 2.29. The van der Waals surface area contributed by atoms with Crippen molar-refractivity contribution >= 4 is 0 Å². The number of nitrogens with zero attached hydrogens (tertiary/aromatic N) is 1. The van der Waals surface area contributed by atoms with Crippen LogP contribution in [-0.4, -0.2) is 25.5 Å². The highest BCUT2D eigenvalue weighted by molar-refractivity contribution is 5.31. The van der Waals surface area contributed by atoms with Crippen molar-refractivity contribution in [1.82, 2.24) is 10.2 Å². The van der Waals surface area contributed by atoms with Crippen LogP contribution in [0.4, 0.5) is 0 Å². The standard InChI is InChI=1S/C20H34N2/c1-8-19(13-14-21-6)12-10-11-18(5)16-20(15-17(3)4)22(7)9-2/h8,10,12-17,21H,9,11H2,1-7H3/b12-10+,14-13-,18-16-,19-8-,20-15+. The van der Waals surface area contributed by atoms with Gasteiger partial charge in [-0.2, -0.15) is 0 Å². The maximum atomic E-state index is 3.02. The maximum Gasteiger partial charge on any atom is 0.0325 e. The molecule has 0 bridgehead atoms. The van der Waals surface area contributed by atoms with Crippen LogP contribution in [0, 0.1) is 5.92 Å². The molecule has 2 heteroatoms. The lowest BCUT2D eigenvalue weighted by atomic mass is 10.1. The molecule has 0 saturated carbocycles. The number of nitrogens with one attached hydrogen (secondary N) is 1. The van der Waals surface area contributed by atoms with Crippen molar-refractivity contribution in [2.45, 2.75) is 41.0 Å². The Morgan fingerprint density at radius 3 is 2.41 bits per heavy atom. The van der Waals surface area contributed by atoms with Gasteiger partial charge in [-0.15, -0.1) is 0 Å². The first kappa shape index (κ1) is 20.3. The van der Waals surface area contributed by atoms with Gasteiger partial charge in [-0.25, -0.2) is 0 Å². The third kappa shape index (κ3) is 9.28. The minimum Gasteiger partial charge on any atom is -0.394 e. The second-order valence-corrected chi connectivity index (χ2v) is 5.86. The summed E-state index contributed by atoms with van der Waals surface area (Å²) in [7, 11) is 4.06. The minimum absolute atomic E-state index is 0.560. The molecule has 0 radical (unpaired) electrons. The monoisotopic (exact) mass is 302 g/mol. The Bertz CT molecular complexity index is 448. The van der Waals surface area contributed by atoms with Gasteiger partial charge in [0.05, 0.1) is 0 Å². The lowest BCUT2D eigenvalue weighted by Crippen LogP contribution is -2.16. The van der Waals surface area contributed by atoms with Crippen LogP contribution in [0.1, 0.15) is 41.0 Å². The van der Waals surface area contributed by atoms with E-state index in [4.69, 9.17) is 0 Å². The van der Waals surface area contributed by atoms with Crippen LogP contribution >= 0.6 is 0 Å². The Morgan fingerprint density at radius 2 is 1.91 bits per heavy atom. The van der Waals surface area contributed by atoms with Crippen LogP contribution in [0.2, 0.25) is 0 Å². The summed E-state index contributed by atoms with van der Waals surface area (Å²) in [5.74, 6) is 0.560. The summed E-state index contributed by atoms with van der Waals surface area (Å²) in [5.41, 5.74) is 3.90. The third-order valence-electron chi connectivity index (χ3n) is 3.34. The molecule has 2 nitrogen and oxygen atoms in total. The average Bonchev–Trinajstić information content (AvgIpc) is 2.48. The van der Waals surface area contributed by atoms with E-state index < -0.39 is 0 Å². The van der Waals surface area contributed by atoms with Crippen molar-refractivity contribution < 1.29 is 0 Å². The van der Waals surface area contributed by atoms with Gasteiger partial charge in [0.1, 0.15) is 0 Å². The molecule has 0 rings (SSSR count). The third-order valence-corrected chi connectivity index (χ3v) is 3.34. The van der Waals surface area contributed by atoms with Gasteiger partial charge in [0.25, 0.3) is 0 Å². The van der Waals surface area contributed by atoms with Crippen LogP contribution < -0.4 is 5.32 Å². The molecule has 0 aromatic carbocycles. The first-order valence-corrected chi connectivity index (χ1v) is 8.21. The van der Waals surface area contributed by atoms with E-state index in [-0.39, 0.29) is 0 Å². The largest absolute Gasteiger partial charge is 0.394 e. The smallest absolute Gasteiger partial charge is 0.0325 e. The first-order valence-electron chi connectivity index (χ1n) is 8.21. The molecule has 0 aliphatic heterocycles. The van der Waals surface area contributed by atoms with Crippen molar-refractivity contribution in [3.63, 3.8) is 0 Å². The second-order valence-electron chi connectivity index (χ2n) is 5.86. The van der Waals surface area contributed by atoms with Crippen LogP contribution in [0.3, 0.4) is 0 Å². The van der Waals surface area contributed by atoms with Gasteiger partial charge in [0.2, 0.25) is 0 Å². The van der Waals surface area contributed by atoms with Crippen molar-refractivity contribution in [3.05, 3.63) is 59.5 Å². The van der Waals surface area contributed by atoms with E-state index in [0.717, 1.165) is 13.0 Å². The number of rotatable bonds is 9. The van der Waals surface area contributed by atoms with Crippen molar-refractivity contribution in [1.29, 1.82) is 0 Å². The Morgan fingerprint density at radius 1 is 1.23 bits per heavy atom. The van der Waals surface area contributed by atoms with E-state index in [0.29, 0.717) is 5.92 Å². The van der Waals surface area contributed by atoms with E-state index in [1.54, 1.807) is 0 Å². The molecule has 0 aliphatic rings. The van der Waals surface area contributed by atoms with Gasteiger partial charge in [-0.3, -0.25) is 0 Å². The molecular weight excluding hydrogens is 268 g/mol. The first-order chi connectivity index (χ1) is 10.4. The summed E-state index contributed by atoms with van der Waals surface area (Å²) in [6.07, 6.45) is 16.1. The topological polar surface area (TPSA) is 15.3 Å². The highest BCUT2D eigenvalue weighted by Crippen LogP contribution is 2.13. The van der Waals surface area contributed by atoms with E-state index in [9.17, 15) is 0 Å². The van der Waals surface area contributed by atoms with E-state index in [1.165, 1.54) is 16.8 Å². The summed E-state index contributed by atoms with van der Waals surface area (Å²) < 4.78 is 0. The molecule has 0 saturated heterocycles. The quantitative estimate of drug-likeness (QED) is 0.600. The molecule has 1 N–H and O–H groups in total. The molecule has 0 heterocycles. The van der Waals surface area contributed by atoms with E-state index in [2.05, 4.69) is 88.3 Å². The zero-order valence-corrected chi connectivity index (χ0v) is 15.5. The van der Waals surface area contributed by atoms with Gasteiger partial charge in [-0.05, 0) is 57.0 Å². The number of likely N-dealkylation sites (N-methyl/N-ethyl adjacent to an activating group) is 1. The summed E-state index contributed by atoms with van der Waals surface area (Å²) in [5, 5.41) is 3.02. The Labute approximate surface area is 138 Å². The fraction of sp³-hybridized carbons (Fsp3) is 0.500. The Kier molecular flexibility index (Phi) is 11.0. The predicted molar refractivity (Wildman–Crippen MR) is 101 cm³/mol. The number of hydrogen-bond acceptors (Lipinski definition) is 2. The second kappa shape index (κ2) is 11.9. The molecule has 0 atom stereocenters. The molecule has 0 amide bonds. The van der Waals surface area contributed by atoms with Gasteiger partial charge in [-0.1, -0.05) is 43.7 Å². The SMILES string of the molecule is C/C=C(\C=C/NC)/C=C/C/C(C)=C\C(=C/C(C)C)N(C)CC. The van der Waals surface area contributed by atoms with Crippen LogP contribution in [0.15, 0.2) is 59.5 Å². The van der Waals surface area contributed by atoms with Crippen LogP contribution in [-0.2, 0) is 0 Å². The van der Waals surface area contributed by atoms with E-state index in [1.807, 2.05) is 13.2 Å². The molecule has 0 spiro atoms. The normalized spacial score (nSPS) is 14.5. The molecule has 22 heavy (non-hydrogen) atoms. The highest BCUT2D eigenvalue weighted by Gasteiger charge is 2.01. The van der Waals surface area contributed by atoms with Gasteiger partial charge in [0.15, 0.2) is 0 Å². The predicted octanol–water partition coefficient (Wildman–Crippen LogP) is 5.05. The van der Waals surface area contributed by atoms with Gasteiger partial charge >= 0.3 is 0 Å². The highest BCUT2D eigenvalue weighted by atomic mass is 15.1. The zero-order valence-electron chi connectivity index (χ0n) is 15.5. The summed E-state index contributed by atoms with van der Waals surface area (Å²) in [6, 6.07) is 0. The molecule has 0 aromatic rings. The molecular formula is C20H34N2. The van der Waals surface area contributed by atoms with Crippen LogP contribution in [0.5, 0.6) is 0 Å². The number of allylic oxidation sites excluding steroid dienone is 8. The lowest BCUT2D eigenvalue weighted by Gasteiger charge is -2.20. The van der Waals surface area contributed by atoms with Gasteiger partial charge < -0.3 is 10.2 Å². The average molecular weight is 303 g/mol. The molecule has 0 unspecified atom stereocenters. The van der Waals surface area contributed by atoms with Crippen molar-refractivity contribution in [2.75, 3.05) is 20.6 Å². The van der Waals surface area contributed by atoms with Crippen molar-refractivity contribution in [3.8, 4) is 0 Å². The minimum atomic E-state index is 0.560. The Hall–Kier alpha value is -1.70. The number of hydrogen-bond donors (Lipinski definition) is 1. The fourth-order valence-electron chi connectivity index (χ4n) is 1.93.